The molecule has 0 fully saturated rings. The fourth-order valence-electron chi connectivity index (χ4n) is 3.83. The Hall–Kier alpha value is -5.56. The van der Waals surface area contributed by atoms with E-state index in [1.54, 1.807) is 36.4 Å². The highest BCUT2D eigenvalue weighted by Gasteiger charge is 2.21. The Labute approximate surface area is 250 Å². The van der Waals surface area contributed by atoms with E-state index < -0.39 is 29.9 Å². The predicted octanol–water partition coefficient (Wildman–Crippen LogP) is 3.72. The Morgan fingerprint density at radius 2 is 1.70 bits per heavy atom. The molecular formula is C29H26ClN7O6. The first-order valence-electron chi connectivity index (χ1n) is 12.9. The van der Waals surface area contributed by atoms with Gasteiger partial charge in [-0.05, 0) is 64.5 Å². The fraction of sp³-hybridized carbons (Fsp3) is 0.138. The first-order chi connectivity index (χ1) is 20.8. The summed E-state index contributed by atoms with van der Waals surface area (Å²) in [5.41, 5.74) is 2.81. The summed E-state index contributed by atoms with van der Waals surface area (Å²) in [5.74, 6) is -2.06. The number of aliphatic carboxylic acids is 1. The number of nitrogens with one attached hydrogen (secondary N) is 3. The number of benzene rings is 3. The van der Waals surface area contributed by atoms with Crippen molar-refractivity contribution in [3.05, 3.63) is 101 Å². The molecule has 4 rings (SSSR count). The fourth-order valence-corrected chi connectivity index (χ4v) is 4.02. The van der Waals surface area contributed by atoms with Crippen LogP contribution in [0.4, 0.5) is 16.2 Å². The average molecular weight is 604 g/mol. The normalized spacial score (nSPS) is 11.5. The molecule has 0 aliphatic rings. The lowest BCUT2D eigenvalue weighted by molar-refractivity contribution is -0.137. The first-order valence-corrected chi connectivity index (χ1v) is 13.3. The summed E-state index contributed by atoms with van der Waals surface area (Å²) in [6.45, 7) is -0.265. The molecule has 0 saturated carbocycles. The van der Waals surface area contributed by atoms with Crippen LogP contribution in [0.25, 0.3) is 11.8 Å². The van der Waals surface area contributed by atoms with Gasteiger partial charge in [-0.1, -0.05) is 41.9 Å². The number of ether oxygens (including phenoxy) is 1. The third-order valence-electron chi connectivity index (χ3n) is 5.86. The van der Waals surface area contributed by atoms with Crippen molar-refractivity contribution in [1.29, 1.82) is 0 Å². The number of nitrogens with zero attached hydrogens (tertiary/aromatic N) is 4. The Bertz CT molecular complexity index is 1600. The lowest BCUT2D eigenvalue weighted by Gasteiger charge is -2.18. The van der Waals surface area contributed by atoms with E-state index in [0.29, 0.717) is 27.6 Å². The smallest absolute Gasteiger partial charge is 0.411 e. The molecule has 14 heteroatoms. The Morgan fingerprint density at radius 3 is 2.37 bits per heavy atom. The zero-order chi connectivity index (χ0) is 30.6. The minimum absolute atomic E-state index is 0.223. The number of halogens is 1. The van der Waals surface area contributed by atoms with Crippen molar-refractivity contribution in [2.24, 2.45) is 0 Å². The van der Waals surface area contributed by atoms with E-state index in [9.17, 15) is 19.2 Å². The molecule has 4 aromatic rings. The van der Waals surface area contributed by atoms with E-state index >= 15 is 0 Å². The summed E-state index contributed by atoms with van der Waals surface area (Å²) in [4.78, 5) is 48.6. The molecule has 0 aliphatic carbocycles. The summed E-state index contributed by atoms with van der Waals surface area (Å²) < 4.78 is 6.23. The number of carboxylic acids is 1. The van der Waals surface area contributed by atoms with Gasteiger partial charge < -0.3 is 20.5 Å². The average Bonchev–Trinajstić information content (AvgIpc) is 3.52. The highest BCUT2D eigenvalue weighted by Crippen LogP contribution is 2.20. The van der Waals surface area contributed by atoms with Crippen molar-refractivity contribution in [3.63, 3.8) is 0 Å². The molecule has 13 nitrogen and oxygen atoms in total. The Balaban J connectivity index is 1.43. The number of aromatic nitrogens is 4. The monoisotopic (exact) mass is 603 g/mol. The summed E-state index contributed by atoms with van der Waals surface area (Å²) in [6, 6.07) is 19.5. The summed E-state index contributed by atoms with van der Waals surface area (Å²) in [6.07, 6.45) is 3.37. The third-order valence-corrected chi connectivity index (χ3v) is 6.10. The number of hydrogen-bond acceptors (Lipinski definition) is 8. The summed E-state index contributed by atoms with van der Waals surface area (Å²) >= 11 is 6.16. The van der Waals surface area contributed by atoms with E-state index in [1.807, 2.05) is 30.3 Å². The quantitative estimate of drug-likeness (QED) is 0.176. The van der Waals surface area contributed by atoms with Gasteiger partial charge in [0.2, 0.25) is 11.8 Å². The van der Waals surface area contributed by atoms with E-state index in [2.05, 4.69) is 31.5 Å². The molecule has 0 bridgehead atoms. The zero-order valence-electron chi connectivity index (χ0n) is 22.5. The zero-order valence-corrected chi connectivity index (χ0v) is 23.3. The highest BCUT2D eigenvalue weighted by atomic mass is 35.5. The molecule has 0 aliphatic heterocycles. The number of tetrazole rings is 1. The number of amides is 3. The van der Waals surface area contributed by atoms with Crippen molar-refractivity contribution in [2.45, 2.75) is 18.9 Å². The second-order valence-corrected chi connectivity index (χ2v) is 9.45. The minimum Gasteiger partial charge on any atom is -0.481 e. The molecule has 0 radical (unpaired) electrons. The first kappa shape index (κ1) is 30.4. The predicted molar refractivity (Wildman–Crippen MR) is 158 cm³/mol. The standard InChI is InChI=1S/C29H26ClN7O6/c30-21-7-12-25(37-18-31-35-36-37)20(17-21)6-13-26(38)34-24(16-19-4-2-1-3-5-19)28(41)32-22-8-10-23(11-9-22)33-29(42)43-15-14-27(39)40/h1-13,17-18,24H,14-16H2,(H,32,41)(H,33,42)(H,34,38)(H,39,40). The Kier molecular flexibility index (Phi) is 10.5. The van der Waals surface area contributed by atoms with Crippen molar-refractivity contribution in [2.75, 3.05) is 17.2 Å². The summed E-state index contributed by atoms with van der Waals surface area (Å²) in [7, 11) is 0. The van der Waals surface area contributed by atoms with Gasteiger partial charge in [-0.3, -0.25) is 19.7 Å². The molecule has 1 heterocycles. The van der Waals surface area contributed by atoms with Gasteiger partial charge in [0.05, 0.1) is 12.1 Å². The molecule has 1 atom stereocenters. The largest absolute Gasteiger partial charge is 0.481 e. The van der Waals surface area contributed by atoms with Crippen LogP contribution in [0, 0.1) is 0 Å². The van der Waals surface area contributed by atoms with Crippen molar-refractivity contribution in [1.82, 2.24) is 25.5 Å². The van der Waals surface area contributed by atoms with Gasteiger partial charge in [-0.25, -0.2) is 4.79 Å². The van der Waals surface area contributed by atoms with Gasteiger partial charge in [-0.2, -0.15) is 4.68 Å². The van der Waals surface area contributed by atoms with E-state index in [-0.39, 0.29) is 19.4 Å². The maximum absolute atomic E-state index is 13.3. The minimum atomic E-state index is -1.08. The molecule has 4 N–H and O–H groups in total. The Morgan fingerprint density at radius 1 is 0.977 bits per heavy atom. The maximum atomic E-state index is 13.3. The van der Waals surface area contributed by atoms with Gasteiger partial charge in [0.1, 0.15) is 19.0 Å². The highest BCUT2D eigenvalue weighted by molar-refractivity contribution is 6.30. The topological polar surface area (TPSA) is 177 Å². The molecule has 0 saturated heterocycles. The summed E-state index contributed by atoms with van der Waals surface area (Å²) in [5, 5.41) is 28.2. The van der Waals surface area contributed by atoms with Gasteiger partial charge in [-0.15, -0.1) is 5.10 Å². The SMILES string of the molecule is O=C(O)CCOC(=O)Nc1ccc(NC(=O)C(Cc2ccccc2)NC(=O)C=Cc2cc(Cl)ccc2-n2cnnn2)cc1. The number of carbonyl (C=O) groups excluding carboxylic acids is 3. The molecule has 1 aromatic heterocycles. The second kappa shape index (κ2) is 14.9. The van der Waals surface area contributed by atoms with Crippen LogP contribution in [-0.4, -0.2) is 61.8 Å². The molecular weight excluding hydrogens is 578 g/mol. The van der Waals surface area contributed by atoms with Crippen LogP contribution in [0.1, 0.15) is 17.5 Å². The van der Waals surface area contributed by atoms with Crippen LogP contribution in [0.15, 0.2) is 85.2 Å². The third kappa shape index (κ3) is 9.50. The van der Waals surface area contributed by atoms with E-state index in [1.165, 1.54) is 29.2 Å². The number of carbonyl (C=O) groups is 4. The van der Waals surface area contributed by atoms with Crippen LogP contribution in [0.3, 0.4) is 0 Å². The van der Waals surface area contributed by atoms with Gasteiger partial charge in [0.25, 0.3) is 0 Å². The molecule has 3 aromatic carbocycles. The van der Waals surface area contributed by atoms with E-state index in [0.717, 1.165) is 5.56 Å². The van der Waals surface area contributed by atoms with Crippen LogP contribution < -0.4 is 16.0 Å². The van der Waals surface area contributed by atoms with Crippen LogP contribution >= 0.6 is 11.6 Å². The number of carboxylic acid groups (broad SMARTS) is 1. The van der Waals surface area contributed by atoms with Gasteiger partial charge in [0.15, 0.2) is 0 Å². The molecule has 43 heavy (non-hydrogen) atoms. The number of rotatable bonds is 12. The molecule has 0 spiro atoms. The number of hydrogen-bond donors (Lipinski definition) is 4. The maximum Gasteiger partial charge on any atom is 0.411 e. The van der Waals surface area contributed by atoms with Crippen LogP contribution in [0.5, 0.6) is 0 Å². The molecule has 3 amide bonds. The van der Waals surface area contributed by atoms with Crippen molar-refractivity contribution in [3.8, 4) is 5.69 Å². The van der Waals surface area contributed by atoms with Crippen LogP contribution in [-0.2, 0) is 25.5 Å². The lowest BCUT2D eigenvalue weighted by atomic mass is 10.0. The molecule has 220 valence electrons. The van der Waals surface area contributed by atoms with E-state index in [4.69, 9.17) is 21.4 Å². The second-order valence-electron chi connectivity index (χ2n) is 9.01. The lowest BCUT2D eigenvalue weighted by Crippen LogP contribution is -2.44. The van der Waals surface area contributed by atoms with Crippen molar-refractivity contribution < 1.29 is 29.0 Å². The molecule has 1 unspecified atom stereocenters. The van der Waals surface area contributed by atoms with Gasteiger partial charge in [0, 0.05) is 34.5 Å². The number of anilines is 2. The van der Waals surface area contributed by atoms with Crippen LogP contribution in [0.2, 0.25) is 5.02 Å². The van der Waals surface area contributed by atoms with Crippen molar-refractivity contribution >= 4 is 52.9 Å². The van der Waals surface area contributed by atoms with Gasteiger partial charge >= 0.3 is 12.1 Å².